The summed E-state index contributed by atoms with van der Waals surface area (Å²) in [6.45, 7) is 0.448. The Labute approximate surface area is 184 Å². The molecule has 0 fully saturated rings. The van der Waals surface area contributed by atoms with Crippen molar-refractivity contribution < 1.29 is 4.79 Å². The van der Waals surface area contributed by atoms with Crippen molar-refractivity contribution in [2.45, 2.75) is 6.54 Å². The van der Waals surface area contributed by atoms with Gasteiger partial charge in [0.25, 0.3) is 0 Å². The molecular weight excluding hydrogens is 412 g/mol. The van der Waals surface area contributed by atoms with Crippen LogP contribution in [0.15, 0.2) is 90.3 Å². The van der Waals surface area contributed by atoms with E-state index in [4.69, 9.17) is 16.6 Å². The third-order valence-corrected chi connectivity index (χ3v) is 5.62. The number of amides is 1. The quantitative estimate of drug-likeness (QED) is 0.356. The fourth-order valence-electron chi connectivity index (χ4n) is 2.99. The Bertz CT molecular complexity index is 1180. The number of rotatable bonds is 6. The van der Waals surface area contributed by atoms with E-state index in [9.17, 15) is 4.79 Å². The lowest BCUT2D eigenvalue weighted by Crippen LogP contribution is -2.20. The molecule has 0 saturated heterocycles. The van der Waals surface area contributed by atoms with Gasteiger partial charge in [-0.1, -0.05) is 72.3 Å². The molecule has 0 aliphatic heterocycles. The first-order valence-electron chi connectivity index (χ1n) is 9.49. The normalized spacial score (nSPS) is 11.0. The Morgan fingerprint density at radius 1 is 0.967 bits per heavy atom. The molecule has 0 radical (unpaired) electrons. The number of hydrogen-bond acceptors (Lipinski definition) is 3. The number of hydrogen-bond donors (Lipinski definition) is 1. The van der Waals surface area contributed by atoms with E-state index in [0.717, 1.165) is 33.0 Å². The average molecular weight is 431 g/mol. The summed E-state index contributed by atoms with van der Waals surface area (Å²) in [5.41, 5.74) is 5.03. The molecule has 4 aromatic rings. The van der Waals surface area contributed by atoms with Crippen LogP contribution < -0.4 is 5.32 Å². The molecule has 0 bridgehead atoms. The summed E-state index contributed by atoms with van der Waals surface area (Å²) in [6, 6.07) is 25.6. The molecule has 5 heteroatoms. The lowest BCUT2D eigenvalue weighted by molar-refractivity contribution is -0.116. The number of thiazole rings is 1. The fraction of sp³-hybridized carbons (Fsp3) is 0.0400. The molecule has 1 N–H and O–H groups in total. The van der Waals surface area contributed by atoms with Crippen molar-refractivity contribution in [2.24, 2.45) is 0 Å². The third-order valence-electron chi connectivity index (χ3n) is 4.49. The van der Waals surface area contributed by atoms with Gasteiger partial charge in [0, 0.05) is 34.2 Å². The molecule has 0 aliphatic carbocycles. The van der Waals surface area contributed by atoms with Gasteiger partial charge in [-0.25, -0.2) is 4.98 Å². The second kappa shape index (κ2) is 9.53. The van der Waals surface area contributed by atoms with Crippen molar-refractivity contribution in [1.82, 2.24) is 10.3 Å². The van der Waals surface area contributed by atoms with E-state index in [2.05, 4.69) is 28.9 Å². The van der Waals surface area contributed by atoms with Gasteiger partial charge in [-0.15, -0.1) is 11.3 Å². The molecular formula is C25H19ClN2OS. The summed E-state index contributed by atoms with van der Waals surface area (Å²) in [5.74, 6) is -0.152. The number of halogens is 1. The molecule has 1 amide bonds. The van der Waals surface area contributed by atoms with Crippen LogP contribution in [0, 0.1) is 0 Å². The van der Waals surface area contributed by atoms with Crippen LogP contribution in [0.5, 0.6) is 0 Å². The van der Waals surface area contributed by atoms with Crippen LogP contribution in [0.3, 0.4) is 0 Å². The lowest BCUT2D eigenvalue weighted by atomic mass is 10.1. The van der Waals surface area contributed by atoms with Gasteiger partial charge in [-0.3, -0.25) is 4.79 Å². The van der Waals surface area contributed by atoms with Gasteiger partial charge in [0.1, 0.15) is 5.01 Å². The number of carbonyl (C=O) groups excluding carboxylic acids is 1. The molecule has 0 unspecified atom stereocenters. The Morgan fingerprint density at radius 2 is 1.77 bits per heavy atom. The number of carbonyl (C=O) groups is 1. The Morgan fingerprint density at radius 3 is 2.60 bits per heavy atom. The van der Waals surface area contributed by atoms with E-state index in [0.29, 0.717) is 11.6 Å². The van der Waals surface area contributed by atoms with E-state index in [-0.39, 0.29) is 5.91 Å². The summed E-state index contributed by atoms with van der Waals surface area (Å²) >= 11 is 7.58. The molecule has 0 saturated carbocycles. The van der Waals surface area contributed by atoms with Crippen molar-refractivity contribution in [3.63, 3.8) is 0 Å². The number of nitrogens with one attached hydrogen (secondary N) is 1. The molecule has 1 aromatic heterocycles. The Kier molecular flexibility index (Phi) is 6.38. The molecule has 3 aromatic carbocycles. The Hall–Kier alpha value is -3.21. The topological polar surface area (TPSA) is 42.0 Å². The van der Waals surface area contributed by atoms with Crippen LogP contribution >= 0.6 is 22.9 Å². The minimum Gasteiger partial charge on any atom is -0.348 e. The van der Waals surface area contributed by atoms with Gasteiger partial charge in [0.2, 0.25) is 5.91 Å². The summed E-state index contributed by atoms with van der Waals surface area (Å²) in [6.07, 6.45) is 3.26. The van der Waals surface area contributed by atoms with Gasteiger partial charge in [-0.2, -0.15) is 0 Å². The molecule has 0 spiro atoms. The van der Waals surface area contributed by atoms with Crippen LogP contribution in [0.4, 0.5) is 0 Å². The highest BCUT2D eigenvalue weighted by Crippen LogP contribution is 2.29. The predicted octanol–water partition coefficient (Wildman–Crippen LogP) is 6.46. The molecule has 148 valence electrons. The first-order valence-corrected chi connectivity index (χ1v) is 10.7. The van der Waals surface area contributed by atoms with Gasteiger partial charge >= 0.3 is 0 Å². The molecule has 30 heavy (non-hydrogen) atoms. The maximum atomic E-state index is 12.1. The van der Waals surface area contributed by atoms with Crippen molar-refractivity contribution in [2.75, 3.05) is 0 Å². The van der Waals surface area contributed by atoms with Gasteiger partial charge < -0.3 is 5.32 Å². The summed E-state index contributed by atoms with van der Waals surface area (Å²) < 4.78 is 0. The standard InChI is InChI=1S/C25H19ClN2OS/c26-22-11-5-6-18(15-22)12-13-24(29)27-16-19-7-4-10-21(14-19)25-28-23(17-30-25)20-8-2-1-3-9-20/h1-15,17H,16H2,(H,27,29)/b13-12+. The van der Waals surface area contributed by atoms with Crippen LogP contribution in [0.1, 0.15) is 11.1 Å². The van der Waals surface area contributed by atoms with E-state index < -0.39 is 0 Å². The molecule has 0 aliphatic rings. The SMILES string of the molecule is O=C(/C=C/c1cccc(Cl)c1)NCc1cccc(-c2nc(-c3ccccc3)cs2)c1. The predicted molar refractivity (Wildman–Crippen MR) is 125 cm³/mol. The number of nitrogens with zero attached hydrogens (tertiary/aromatic N) is 1. The van der Waals surface area contributed by atoms with Crippen LogP contribution in [0.2, 0.25) is 5.02 Å². The van der Waals surface area contributed by atoms with Gasteiger partial charge in [0.15, 0.2) is 0 Å². The zero-order valence-electron chi connectivity index (χ0n) is 16.1. The Balaban J connectivity index is 1.40. The molecule has 1 heterocycles. The smallest absolute Gasteiger partial charge is 0.244 e. The van der Waals surface area contributed by atoms with Crippen LogP contribution in [-0.2, 0) is 11.3 Å². The highest BCUT2D eigenvalue weighted by atomic mass is 35.5. The van der Waals surface area contributed by atoms with E-state index >= 15 is 0 Å². The zero-order chi connectivity index (χ0) is 20.8. The average Bonchev–Trinajstić information content (AvgIpc) is 3.28. The maximum absolute atomic E-state index is 12.1. The van der Waals surface area contributed by atoms with Crippen molar-refractivity contribution >= 4 is 34.9 Å². The van der Waals surface area contributed by atoms with Gasteiger partial charge in [0.05, 0.1) is 5.69 Å². The van der Waals surface area contributed by atoms with E-state index in [1.165, 1.54) is 6.08 Å². The highest BCUT2D eigenvalue weighted by molar-refractivity contribution is 7.13. The van der Waals surface area contributed by atoms with Gasteiger partial charge in [-0.05, 0) is 35.4 Å². The van der Waals surface area contributed by atoms with Crippen LogP contribution in [-0.4, -0.2) is 10.9 Å². The highest BCUT2D eigenvalue weighted by Gasteiger charge is 2.07. The largest absolute Gasteiger partial charge is 0.348 e. The van der Waals surface area contributed by atoms with Crippen molar-refractivity contribution in [3.8, 4) is 21.8 Å². The molecule has 4 rings (SSSR count). The monoisotopic (exact) mass is 430 g/mol. The second-order valence-corrected chi connectivity index (χ2v) is 8.00. The third kappa shape index (κ3) is 5.23. The lowest BCUT2D eigenvalue weighted by Gasteiger charge is -2.05. The summed E-state index contributed by atoms with van der Waals surface area (Å²) in [4.78, 5) is 16.9. The first kappa shape index (κ1) is 20.1. The first-order chi connectivity index (χ1) is 14.7. The fourth-order valence-corrected chi connectivity index (χ4v) is 4.02. The zero-order valence-corrected chi connectivity index (χ0v) is 17.7. The summed E-state index contributed by atoms with van der Waals surface area (Å²) in [7, 11) is 0. The summed E-state index contributed by atoms with van der Waals surface area (Å²) in [5, 5.41) is 6.59. The number of benzene rings is 3. The minimum atomic E-state index is -0.152. The second-order valence-electron chi connectivity index (χ2n) is 6.71. The molecule has 3 nitrogen and oxygen atoms in total. The maximum Gasteiger partial charge on any atom is 0.244 e. The van der Waals surface area contributed by atoms with Crippen molar-refractivity contribution in [3.05, 3.63) is 106 Å². The number of aromatic nitrogens is 1. The molecule has 0 atom stereocenters. The van der Waals surface area contributed by atoms with E-state index in [1.807, 2.05) is 54.6 Å². The van der Waals surface area contributed by atoms with Crippen molar-refractivity contribution in [1.29, 1.82) is 0 Å². The van der Waals surface area contributed by atoms with E-state index in [1.54, 1.807) is 23.5 Å². The minimum absolute atomic E-state index is 0.152. The van der Waals surface area contributed by atoms with Crippen LogP contribution in [0.25, 0.3) is 27.9 Å².